The number of nitrogens with one attached hydrogen (secondary N) is 1. The fraction of sp³-hybridized carbons (Fsp3) is 0.333. The Kier molecular flexibility index (Phi) is 9.94. The molecule has 2 heterocycles. The van der Waals surface area contributed by atoms with Gasteiger partial charge in [-0.1, -0.05) is 91.9 Å². The lowest BCUT2D eigenvalue weighted by Crippen LogP contribution is -2.51. The number of aliphatic hydroxyl groups is 1. The van der Waals surface area contributed by atoms with Gasteiger partial charge in [0.05, 0.1) is 23.7 Å². The van der Waals surface area contributed by atoms with Gasteiger partial charge in [0, 0.05) is 56.4 Å². The minimum Gasteiger partial charge on any atom is -0.392 e. The highest BCUT2D eigenvalue weighted by Gasteiger charge is 2.39. The third-order valence-electron chi connectivity index (χ3n) is 8.74. The van der Waals surface area contributed by atoms with Crippen molar-refractivity contribution in [2.75, 3.05) is 37.4 Å². The number of ether oxygens (including phenoxy) is 2. The first-order valence-corrected chi connectivity index (χ1v) is 17.0. The molecule has 0 saturated carbocycles. The van der Waals surface area contributed by atoms with E-state index in [4.69, 9.17) is 9.47 Å². The highest BCUT2D eigenvalue weighted by molar-refractivity contribution is 7.92. The van der Waals surface area contributed by atoms with Gasteiger partial charge in [0.2, 0.25) is 0 Å². The van der Waals surface area contributed by atoms with Gasteiger partial charge >= 0.3 is 0 Å². The first kappa shape index (κ1) is 31.4. The van der Waals surface area contributed by atoms with Crippen molar-refractivity contribution in [3.63, 3.8) is 0 Å². The molecule has 2 fully saturated rings. The van der Waals surface area contributed by atoms with Gasteiger partial charge in [-0.2, -0.15) is 0 Å². The molecule has 8 nitrogen and oxygen atoms in total. The Morgan fingerprint density at radius 3 is 2.11 bits per heavy atom. The average Bonchev–Trinajstić information content (AvgIpc) is 3.07. The van der Waals surface area contributed by atoms with E-state index in [0.29, 0.717) is 5.69 Å². The Morgan fingerprint density at radius 1 is 0.756 bits per heavy atom. The number of nitrogens with zero attached hydrogens (tertiary/aromatic N) is 2. The van der Waals surface area contributed by atoms with Crippen molar-refractivity contribution < 1.29 is 23.0 Å². The van der Waals surface area contributed by atoms with Crippen LogP contribution < -0.4 is 4.72 Å². The molecular formula is C36H41N3O5S. The third kappa shape index (κ3) is 7.81. The van der Waals surface area contributed by atoms with Crippen LogP contribution in [-0.2, 0) is 32.6 Å². The van der Waals surface area contributed by atoms with Gasteiger partial charge < -0.3 is 14.6 Å². The van der Waals surface area contributed by atoms with Crippen LogP contribution in [0.25, 0.3) is 0 Å². The summed E-state index contributed by atoms with van der Waals surface area (Å²) in [5.41, 5.74) is 4.38. The molecule has 236 valence electrons. The molecule has 2 N–H and O–H groups in total. The third-order valence-corrected chi connectivity index (χ3v) is 10.1. The van der Waals surface area contributed by atoms with Crippen LogP contribution >= 0.6 is 0 Å². The monoisotopic (exact) mass is 627 g/mol. The summed E-state index contributed by atoms with van der Waals surface area (Å²) >= 11 is 0. The summed E-state index contributed by atoms with van der Waals surface area (Å²) in [7, 11) is -3.75. The number of benzene rings is 4. The Hall–Kier alpha value is -3.57. The molecule has 45 heavy (non-hydrogen) atoms. The Bertz CT molecular complexity index is 1630. The Balaban J connectivity index is 1.19. The predicted molar refractivity (Wildman–Crippen MR) is 175 cm³/mol. The van der Waals surface area contributed by atoms with Crippen molar-refractivity contribution in [3.05, 3.63) is 131 Å². The molecule has 0 aliphatic carbocycles. The topological polar surface area (TPSA) is 91.3 Å². The number of rotatable bonds is 10. The number of hydrogen-bond donors (Lipinski definition) is 2. The van der Waals surface area contributed by atoms with E-state index in [1.165, 1.54) is 5.56 Å². The lowest BCUT2D eigenvalue weighted by molar-refractivity contribution is -0.276. The summed E-state index contributed by atoms with van der Waals surface area (Å²) in [4.78, 5) is 5.17. The summed E-state index contributed by atoms with van der Waals surface area (Å²) in [5, 5.41) is 9.58. The van der Waals surface area contributed by atoms with E-state index in [1.54, 1.807) is 42.5 Å². The highest BCUT2D eigenvalue weighted by atomic mass is 32.2. The average molecular weight is 628 g/mol. The van der Waals surface area contributed by atoms with Crippen molar-refractivity contribution in [1.82, 2.24) is 9.80 Å². The molecule has 4 atom stereocenters. The van der Waals surface area contributed by atoms with Gasteiger partial charge in [-0.3, -0.25) is 14.5 Å². The molecule has 6 rings (SSSR count). The number of sulfonamides is 1. The van der Waals surface area contributed by atoms with Crippen molar-refractivity contribution in [3.8, 4) is 0 Å². The van der Waals surface area contributed by atoms with Crippen LogP contribution in [0.5, 0.6) is 0 Å². The quantitative estimate of drug-likeness (QED) is 0.237. The predicted octanol–water partition coefficient (Wildman–Crippen LogP) is 5.59. The molecule has 0 aromatic heterocycles. The van der Waals surface area contributed by atoms with Crippen LogP contribution in [0.15, 0.2) is 114 Å². The zero-order chi connectivity index (χ0) is 31.2. The molecule has 0 bridgehead atoms. The molecule has 4 unspecified atom stereocenters. The van der Waals surface area contributed by atoms with Crippen molar-refractivity contribution in [2.45, 2.75) is 43.5 Å². The first-order valence-electron chi connectivity index (χ1n) is 15.5. The van der Waals surface area contributed by atoms with Gasteiger partial charge in [-0.05, 0) is 41.0 Å². The van der Waals surface area contributed by atoms with E-state index in [2.05, 4.69) is 51.8 Å². The van der Waals surface area contributed by atoms with Gasteiger partial charge in [-0.25, -0.2) is 8.42 Å². The maximum Gasteiger partial charge on any atom is 0.261 e. The minimum absolute atomic E-state index is 0.0162. The van der Waals surface area contributed by atoms with Gasteiger partial charge in [0.1, 0.15) is 0 Å². The minimum atomic E-state index is -3.75. The molecule has 2 aliphatic heterocycles. The van der Waals surface area contributed by atoms with Crippen LogP contribution in [0.4, 0.5) is 5.69 Å². The van der Waals surface area contributed by atoms with Crippen LogP contribution in [-0.4, -0.2) is 62.2 Å². The van der Waals surface area contributed by atoms with E-state index < -0.39 is 16.3 Å². The number of piperazine rings is 1. The fourth-order valence-corrected chi connectivity index (χ4v) is 7.19. The van der Waals surface area contributed by atoms with E-state index >= 15 is 0 Å². The second kappa shape index (κ2) is 14.2. The Morgan fingerprint density at radius 2 is 1.42 bits per heavy atom. The SMILES string of the molecule is CC1C(CN2CCN(Cc3ccccc3)CC2)OC(c2cccc(NS(=O)(=O)c3ccccc3)c2)OC1c1ccc(CO)cc1. The smallest absolute Gasteiger partial charge is 0.261 e. The van der Waals surface area contributed by atoms with Crippen LogP contribution in [0.1, 0.15) is 41.6 Å². The van der Waals surface area contributed by atoms with E-state index in [1.807, 2.05) is 36.4 Å². The molecule has 0 spiro atoms. The van der Waals surface area contributed by atoms with Crippen molar-refractivity contribution >= 4 is 15.7 Å². The summed E-state index contributed by atoms with van der Waals surface area (Å²) in [5.74, 6) is 0.0586. The van der Waals surface area contributed by atoms with Gasteiger partial charge in [0.25, 0.3) is 10.0 Å². The lowest BCUT2D eigenvalue weighted by atomic mass is 9.90. The van der Waals surface area contributed by atoms with Crippen molar-refractivity contribution in [2.24, 2.45) is 5.92 Å². The zero-order valence-corrected chi connectivity index (χ0v) is 26.4. The molecule has 2 aliphatic rings. The van der Waals surface area contributed by atoms with Crippen LogP contribution in [0.3, 0.4) is 0 Å². The summed E-state index contributed by atoms with van der Waals surface area (Å²) in [6.07, 6.45) is -1.04. The maximum absolute atomic E-state index is 13.0. The maximum atomic E-state index is 13.0. The normalized spacial score (nSPS) is 23.1. The number of anilines is 1. The summed E-state index contributed by atoms with van der Waals surface area (Å²) < 4.78 is 42.1. The highest BCUT2D eigenvalue weighted by Crippen LogP contribution is 2.42. The summed E-state index contributed by atoms with van der Waals surface area (Å²) in [6.45, 7) is 7.77. The first-order chi connectivity index (χ1) is 21.9. The van der Waals surface area contributed by atoms with Crippen LogP contribution in [0, 0.1) is 5.92 Å². The van der Waals surface area contributed by atoms with E-state index in [-0.39, 0.29) is 29.6 Å². The summed E-state index contributed by atoms with van der Waals surface area (Å²) in [6, 6.07) is 34.0. The molecule has 0 amide bonds. The molecule has 2 saturated heterocycles. The zero-order valence-electron chi connectivity index (χ0n) is 25.5. The molecule has 9 heteroatoms. The standard InChI is InChI=1S/C36H41N3O5S/c1-27-34(25-39-21-19-38(20-22-39)24-28-9-4-2-5-10-28)43-36(44-35(27)30-17-15-29(26-40)16-18-30)31-11-8-12-32(23-31)37-45(41,42)33-13-6-3-7-14-33/h2-18,23,27,34-37,40H,19-22,24-26H2,1H3. The van der Waals surface area contributed by atoms with E-state index in [0.717, 1.165) is 56.0 Å². The second-order valence-corrected chi connectivity index (χ2v) is 13.6. The van der Waals surface area contributed by atoms with Gasteiger partial charge in [0.15, 0.2) is 6.29 Å². The lowest BCUT2D eigenvalue weighted by Gasteiger charge is -2.44. The van der Waals surface area contributed by atoms with Crippen LogP contribution in [0.2, 0.25) is 0 Å². The molecule has 0 radical (unpaired) electrons. The van der Waals surface area contributed by atoms with Crippen molar-refractivity contribution in [1.29, 1.82) is 0 Å². The fourth-order valence-electron chi connectivity index (χ4n) is 6.12. The molecule has 4 aromatic rings. The number of hydrogen-bond acceptors (Lipinski definition) is 7. The molecular weight excluding hydrogens is 586 g/mol. The number of aliphatic hydroxyl groups excluding tert-OH is 1. The largest absolute Gasteiger partial charge is 0.392 e. The Labute approximate surface area is 266 Å². The van der Waals surface area contributed by atoms with E-state index in [9.17, 15) is 13.5 Å². The second-order valence-electron chi connectivity index (χ2n) is 11.9. The molecule has 4 aromatic carbocycles. The van der Waals surface area contributed by atoms with Gasteiger partial charge in [-0.15, -0.1) is 0 Å².